The van der Waals surface area contributed by atoms with Crippen LogP contribution >= 0.6 is 0 Å². The maximum absolute atomic E-state index is 4.73. The summed E-state index contributed by atoms with van der Waals surface area (Å²) in [6, 6.07) is 30.2. The topological polar surface area (TPSA) is 24.4 Å². The van der Waals surface area contributed by atoms with Crippen molar-refractivity contribution in [3.8, 4) is 0 Å². The Kier molecular flexibility index (Phi) is 9.66. The van der Waals surface area contributed by atoms with E-state index in [1.807, 2.05) is 78.9 Å². The van der Waals surface area contributed by atoms with Gasteiger partial charge in [-0.25, -0.2) is 4.99 Å². The average molecular weight is 445 g/mol. The van der Waals surface area contributed by atoms with E-state index in [1.54, 1.807) is 0 Å². The fourth-order valence-electron chi connectivity index (χ4n) is 2.34. The van der Waals surface area contributed by atoms with E-state index in [9.17, 15) is 0 Å². The van der Waals surface area contributed by atoms with Gasteiger partial charge in [0.15, 0.2) is 0 Å². The summed E-state index contributed by atoms with van der Waals surface area (Å²) in [4.78, 5) is 4.73. The molecule has 0 unspecified atom stereocenters. The fourth-order valence-corrected chi connectivity index (χ4v) is 3.99. The Morgan fingerprint density at radius 1 is 0.731 bits per heavy atom. The van der Waals surface area contributed by atoms with Crippen LogP contribution in [-0.2, 0) is 0 Å². The SMILES string of the molecule is C[CH2][In][CH2]C.c1ccc(N=C(Nc2ccccc2)c2ccccc2)cc1. The van der Waals surface area contributed by atoms with Gasteiger partial charge in [0, 0.05) is 11.3 Å². The Morgan fingerprint density at radius 3 is 1.73 bits per heavy atom. The Labute approximate surface area is 168 Å². The molecule has 3 aromatic carbocycles. The van der Waals surface area contributed by atoms with Crippen LogP contribution in [0.1, 0.15) is 19.4 Å². The van der Waals surface area contributed by atoms with Gasteiger partial charge in [-0.2, -0.15) is 0 Å². The second-order valence-electron chi connectivity index (χ2n) is 5.76. The van der Waals surface area contributed by atoms with Crippen LogP contribution in [0, 0.1) is 0 Å². The monoisotopic (exact) mass is 445 g/mol. The van der Waals surface area contributed by atoms with Crippen molar-refractivity contribution in [2.75, 3.05) is 5.32 Å². The van der Waals surface area contributed by atoms with Gasteiger partial charge in [0.2, 0.25) is 0 Å². The van der Waals surface area contributed by atoms with Crippen LogP contribution < -0.4 is 5.32 Å². The number of hydrogen-bond acceptors (Lipinski definition) is 1. The largest absolute Gasteiger partial charge is 0.340 e. The first-order valence-corrected chi connectivity index (χ1v) is 13.8. The number of amidine groups is 1. The van der Waals surface area contributed by atoms with E-state index < -0.39 is 0 Å². The molecule has 0 aliphatic carbocycles. The zero-order valence-corrected chi connectivity index (χ0v) is 18.9. The van der Waals surface area contributed by atoms with E-state index in [0.29, 0.717) is 0 Å². The first kappa shape index (κ1) is 20.3. The first-order valence-electron chi connectivity index (χ1n) is 9.16. The van der Waals surface area contributed by atoms with Crippen molar-refractivity contribution in [3.63, 3.8) is 0 Å². The molecule has 0 saturated carbocycles. The second kappa shape index (κ2) is 12.4. The normalized spacial score (nSPS) is 10.5. The Balaban J connectivity index is 0.000000431. The van der Waals surface area contributed by atoms with E-state index in [0.717, 1.165) is 22.8 Å². The summed E-state index contributed by atoms with van der Waals surface area (Å²) in [7, 11) is 0. The fraction of sp³-hybridized carbons (Fsp3) is 0.174. The minimum Gasteiger partial charge on any atom is -0.340 e. The molecule has 2 nitrogen and oxygen atoms in total. The van der Waals surface area contributed by atoms with Crippen molar-refractivity contribution in [2.45, 2.75) is 22.2 Å². The molecule has 0 heterocycles. The predicted molar refractivity (Wildman–Crippen MR) is 116 cm³/mol. The molecule has 0 fully saturated rings. The van der Waals surface area contributed by atoms with Crippen molar-refractivity contribution in [1.82, 2.24) is 0 Å². The van der Waals surface area contributed by atoms with Gasteiger partial charge in [0.1, 0.15) is 5.84 Å². The number of para-hydroxylation sites is 2. The molecule has 3 rings (SSSR count). The minimum atomic E-state index is 0.0800. The first-order chi connectivity index (χ1) is 12.8. The molecular formula is C23H26InN2. The summed E-state index contributed by atoms with van der Waals surface area (Å²) >= 11 is 0.0800. The van der Waals surface area contributed by atoms with Crippen molar-refractivity contribution in [1.29, 1.82) is 0 Å². The van der Waals surface area contributed by atoms with Crippen molar-refractivity contribution in [2.24, 2.45) is 4.99 Å². The molecule has 0 spiro atoms. The molecule has 26 heavy (non-hydrogen) atoms. The maximum atomic E-state index is 4.73. The number of anilines is 1. The molecule has 3 aromatic rings. The van der Waals surface area contributed by atoms with Crippen molar-refractivity contribution in [3.05, 3.63) is 96.6 Å². The smallest absolute Gasteiger partial charge is 0.138 e. The van der Waals surface area contributed by atoms with E-state index in [-0.39, 0.29) is 22.9 Å². The van der Waals surface area contributed by atoms with Gasteiger partial charge in [0.25, 0.3) is 0 Å². The third-order valence-electron chi connectivity index (χ3n) is 3.66. The number of aliphatic imine (C=N–C) groups is 1. The zero-order valence-electron chi connectivity index (χ0n) is 15.6. The molecule has 0 aliphatic heterocycles. The van der Waals surface area contributed by atoms with Crippen LogP contribution in [0.5, 0.6) is 0 Å². The van der Waals surface area contributed by atoms with Gasteiger partial charge < -0.3 is 5.32 Å². The van der Waals surface area contributed by atoms with Crippen LogP contribution in [0.15, 0.2) is 96.0 Å². The molecule has 0 saturated heterocycles. The van der Waals surface area contributed by atoms with Gasteiger partial charge >= 0.3 is 45.1 Å². The summed E-state index contributed by atoms with van der Waals surface area (Å²) in [5, 5.41) is 3.39. The third-order valence-corrected chi connectivity index (χ3v) is 6.95. The molecular weight excluding hydrogens is 419 g/mol. The van der Waals surface area contributed by atoms with Crippen LogP contribution in [0.3, 0.4) is 0 Å². The van der Waals surface area contributed by atoms with Crippen molar-refractivity contribution >= 4 is 40.1 Å². The van der Waals surface area contributed by atoms with Gasteiger partial charge in [-0.1, -0.05) is 66.7 Å². The number of benzene rings is 3. The van der Waals surface area contributed by atoms with Crippen molar-refractivity contribution < 1.29 is 0 Å². The number of nitrogens with one attached hydrogen (secondary N) is 1. The predicted octanol–water partition coefficient (Wildman–Crippen LogP) is 6.44. The second-order valence-corrected chi connectivity index (χ2v) is 12.1. The summed E-state index contributed by atoms with van der Waals surface area (Å²) in [5.74, 6) is 0.841. The molecule has 0 atom stereocenters. The zero-order chi connectivity index (χ0) is 18.5. The minimum absolute atomic E-state index is 0.0800. The van der Waals surface area contributed by atoms with Crippen LogP contribution in [0.4, 0.5) is 11.4 Å². The standard InChI is InChI=1S/C19H16N2.2C2H5.In/c1-4-10-16(11-5-1)19(20-17-12-6-2-7-13-17)21-18-14-8-3-9-15-18;2*1-2;/h1-15H,(H,20,21);2*1H2,2H3;. The molecule has 0 amide bonds. The Bertz CT molecular complexity index is 754. The quantitative estimate of drug-likeness (QED) is 0.355. The van der Waals surface area contributed by atoms with E-state index >= 15 is 0 Å². The van der Waals surface area contributed by atoms with E-state index in [1.165, 1.54) is 8.35 Å². The van der Waals surface area contributed by atoms with Crippen LogP contribution in [0.2, 0.25) is 8.35 Å². The summed E-state index contributed by atoms with van der Waals surface area (Å²) in [5.41, 5.74) is 3.01. The van der Waals surface area contributed by atoms with Gasteiger partial charge in [-0.05, 0) is 24.3 Å². The number of hydrogen-bond donors (Lipinski definition) is 1. The Hall–Kier alpha value is -2.00. The van der Waals surface area contributed by atoms with Gasteiger partial charge in [-0.3, -0.25) is 0 Å². The third kappa shape index (κ3) is 7.49. The molecule has 1 N–H and O–H groups in total. The van der Waals surface area contributed by atoms with E-state index in [2.05, 4.69) is 31.3 Å². The molecule has 0 bridgehead atoms. The van der Waals surface area contributed by atoms with Gasteiger partial charge in [-0.15, -0.1) is 0 Å². The maximum Gasteiger partial charge on any atom is 0.138 e. The summed E-state index contributed by atoms with van der Waals surface area (Å²) in [6.07, 6.45) is 0. The molecule has 3 heteroatoms. The number of nitrogens with zero attached hydrogens (tertiary/aromatic N) is 1. The molecule has 0 aromatic heterocycles. The molecule has 1 radical (unpaired) electrons. The van der Waals surface area contributed by atoms with Gasteiger partial charge in [0.05, 0.1) is 5.69 Å². The summed E-state index contributed by atoms with van der Waals surface area (Å²) < 4.78 is 3.07. The molecule has 131 valence electrons. The van der Waals surface area contributed by atoms with Crippen LogP contribution in [-0.4, -0.2) is 28.7 Å². The average Bonchev–Trinajstić information content (AvgIpc) is 2.71. The van der Waals surface area contributed by atoms with E-state index in [4.69, 9.17) is 4.99 Å². The summed E-state index contributed by atoms with van der Waals surface area (Å²) in [6.45, 7) is 4.59. The van der Waals surface area contributed by atoms with Crippen LogP contribution in [0.25, 0.3) is 0 Å². The molecule has 0 aliphatic rings. The number of rotatable bonds is 5. The Morgan fingerprint density at radius 2 is 1.23 bits per heavy atom.